The number of hydrogen-bond acceptors (Lipinski definition) is 1. The lowest BCUT2D eigenvalue weighted by Gasteiger charge is -2.25. The van der Waals surface area contributed by atoms with Gasteiger partial charge in [-0.25, -0.2) is 4.79 Å². The molecule has 1 N–H and O–H groups in total. The van der Waals surface area contributed by atoms with E-state index in [0.29, 0.717) is 6.04 Å². The van der Waals surface area contributed by atoms with Crippen molar-refractivity contribution in [1.82, 2.24) is 10.2 Å². The first-order valence-corrected chi connectivity index (χ1v) is 4.45. The summed E-state index contributed by atoms with van der Waals surface area (Å²) in [6.07, 6.45) is 2.32. The topological polar surface area (TPSA) is 32.3 Å². The average molecular weight is 170 g/mol. The molecule has 1 saturated carbocycles. The number of carbonyl (C=O) groups excluding carboxylic acids is 1. The molecule has 0 spiro atoms. The number of rotatable bonds is 1. The second-order valence-corrected chi connectivity index (χ2v) is 4.52. The Morgan fingerprint density at radius 2 is 1.92 bits per heavy atom. The van der Waals surface area contributed by atoms with E-state index in [-0.39, 0.29) is 11.6 Å². The molecule has 0 radical (unpaired) electrons. The molecule has 0 saturated heterocycles. The molecule has 1 aliphatic carbocycles. The number of amides is 2. The second kappa shape index (κ2) is 2.96. The monoisotopic (exact) mass is 170 g/mol. The number of nitrogens with zero attached hydrogens (tertiary/aromatic N) is 1. The Labute approximate surface area is 74.1 Å². The van der Waals surface area contributed by atoms with Crippen LogP contribution < -0.4 is 5.32 Å². The minimum atomic E-state index is -0.125. The molecule has 3 heteroatoms. The van der Waals surface area contributed by atoms with Gasteiger partial charge in [-0.15, -0.1) is 0 Å². The number of hydrogen-bond donors (Lipinski definition) is 1. The number of carbonyl (C=O) groups is 1. The molecule has 3 nitrogen and oxygen atoms in total. The molecule has 1 rings (SSSR count). The molecule has 0 bridgehead atoms. The van der Waals surface area contributed by atoms with Gasteiger partial charge >= 0.3 is 6.03 Å². The first-order valence-electron chi connectivity index (χ1n) is 4.45. The highest BCUT2D eigenvalue weighted by atomic mass is 16.2. The van der Waals surface area contributed by atoms with Gasteiger partial charge in [0.05, 0.1) is 0 Å². The van der Waals surface area contributed by atoms with Crippen molar-refractivity contribution in [1.29, 1.82) is 0 Å². The summed E-state index contributed by atoms with van der Waals surface area (Å²) in [6.45, 7) is 5.98. The van der Waals surface area contributed by atoms with Gasteiger partial charge < -0.3 is 10.2 Å². The molecule has 0 aromatic heterocycles. The Bertz CT molecular complexity index is 179. The van der Waals surface area contributed by atoms with E-state index in [1.165, 1.54) is 0 Å². The van der Waals surface area contributed by atoms with E-state index in [9.17, 15) is 4.79 Å². The summed E-state index contributed by atoms with van der Waals surface area (Å²) in [5.74, 6) is 0. The van der Waals surface area contributed by atoms with Crippen molar-refractivity contribution in [2.24, 2.45) is 0 Å². The summed E-state index contributed by atoms with van der Waals surface area (Å²) in [5, 5.41) is 2.93. The van der Waals surface area contributed by atoms with E-state index in [2.05, 4.69) is 5.32 Å². The highest BCUT2D eigenvalue weighted by Crippen LogP contribution is 2.25. The Balaban J connectivity index is 2.36. The van der Waals surface area contributed by atoms with Crippen molar-refractivity contribution < 1.29 is 4.79 Å². The van der Waals surface area contributed by atoms with Crippen LogP contribution in [-0.2, 0) is 0 Å². The molecule has 0 aromatic rings. The van der Waals surface area contributed by atoms with Crippen LogP contribution in [0.4, 0.5) is 4.79 Å². The smallest absolute Gasteiger partial charge is 0.317 e. The summed E-state index contributed by atoms with van der Waals surface area (Å²) >= 11 is 0. The molecule has 0 aliphatic heterocycles. The van der Waals surface area contributed by atoms with E-state index in [1.54, 1.807) is 4.90 Å². The predicted molar refractivity (Wildman–Crippen MR) is 49.1 cm³/mol. The lowest BCUT2D eigenvalue weighted by atomic mass is 10.1. The maximum Gasteiger partial charge on any atom is 0.317 e. The summed E-state index contributed by atoms with van der Waals surface area (Å²) in [5.41, 5.74) is -0.125. The molecule has 12 heavy (non-hydrogen) atoms. The van der Waals surface area contributed by atoms with E-state index in [0.717, 1.165) is 12.8 Å². The molecule has 0 aromatic carbocycles. The van der Waals surface area contributed by atoms with Crippen LogP contribution in [0.2, 0.25) is 0 Å². The lowest BCUT2D eigenvalue weighted by Crippen LogP contribution is -2.47. The number of nitrogens with one attached hydrogen (secondary N) is 1. The van der Waals surface area contributed by atoms with Gasteiger partial charge in [0.25, 0.3) is 0 Å². The molecule has 1 aliphatic rings. The van der Waals surface area contributed by atoms with E-state index in [1.807, 2.05) is 27.8 Å². The Hall–Kier alpha value is -0.730. The second-order valence-electron chi connectivity index (χ2n) is 4.52. The summed E-state index contributed by atoms with van der Waals surface area (Å²) in [6, 6.07) is 0.539. The maximum atomic E-state index is 11.5. The van der Waals surface area contributed by atoms with Crippen molar-refractivity contribution in [3.8, 4) is 0 Å². The third kappa shape index (κ3) is 2.72. The average Bonchev–Trinajstić information content (AvgIpc) is 2.62. The zero-order valence-corrected chi connectivity index (χ0v) is 8.35. The fourth-order valence-electron chi connectivity index (χ4n) is 1.04. The van der Waals surface area contributed by atoms with Gasteiger partial charge in [0.15, 0.2) is 0 Å². The number of urea groups is 1. The van der Waals surface area contributed by atoms with Crippen LogP contribution >= 0.6 is 0 Å². The Kier molecular flexibility index (Phi) is 2.31. The Morgan fingerprint density at radius 3 is 2.25 bits per heavy atom. The largest absolute Gasteiger partial charge is 0.333 e. The molecule has 0 unspecified atom stereocenters. The summed E-state index contributed by atoms with van der Waals surface area (Å²) in [4.78, 5) is 13.3. The highest BCUT2D eigenvalue weighted by Gasteiger charge is 2.30. The van der Waals surface area contributed by atoms with Gasteiger partial charge in [0.1, 0.15) is 0 Å². The maximum absolute atomic E-state index is 11.5. The fourth-order valence-corrected chi connectivity index (χ4v) is 1.04. The third-order valence-corrected chi connectivity index (χ3v) is 1.90. The van der Waals surface area contributed by atoms with Crippen LogP contribution in [0.3, 0.4) is 0 Å². The molecule has 0 atom stereocenters. The van der Waals surface area contributed by atoms with Crippen LogP contribution in [-0.4, -0.2) is 29.6 Å². The quantitative estimate of drug-likeness (QED) is 0.636. The van der Waals surface area contributed by atoms with Crippen molar-refractivity contribution in [3.05, 3.63) is 0 Å². The van der Waals surface area contributed by atoms with Gasteiger partial charge in [-0.2, -0.15) is 0 Å². The molecule has 70 valence electrons. The summed E-state index contributed by atoms with van der Waals surface area (Å²) < 4.78 is 0. The van der Waals surface area contributed by atoms with Crippen LogP contribution in [0, 0.1) is 0 Å². The zero-order chi connectivity index (χ0) is 9.35. The minimum absolute atomic E-state index is 0.0463. The zero-order valence-electron chi connectivity index (χ0n) is 8.35. The van der Waals surface area contributed by atoms with Crippen molar-refractivity contribution in [2.45, 2.75) is 45.2 Å². The van der Waals surface area contributed by atoms with Gasteiger partial charge in [-0.05, 0) is 33.6 Å². The van der Waals surface area contributed by atoms with Crippen molar-refractivity contribution >= 4 is 6.03 Å². The van der Waals surface area contributed by atoms with Gasteiger partial charge in [0, 0.05) is 18.6 Å². The van der Waals surface area contributed by atoms with Crippen LogP contribution in [0.25, 0.3) is 0 Å². The summed E-state index contributed by atoms with van der Waals surface area (Å²) in [7, 11) is 1.86. The standard InChI is InChI=1S/C9H18N2O/c1-9(2,3)10-8(12)11(4)7-5-6-7/h7H,5-6H2,1-4H3,(H,10,12). The van der Waals surface area contributed by atoms with Crippen molar-refractivity contribution in [2.75, 3.05) is 7.05 Å². The predicted octanol–water partition coefficient (Wildman–Crippen LogP) is 1.59. The van der Waals surface area contributed by atoms with E-state index >= 15 is 0 Å². The van der Waals surface area contributed by atoms with Gasteiger partial charge in [0.2, 0.25) is 0 Å². The molecule has 0 heterocycles. The lowest BCUT2D eigenvalue weighted by molar-refractivity contribution is 0.197. The third-order valence-electron chi connectivity index (χ3n) is 1.90. The highest BCUT2D eigenvalue weighted by molar-refractivity contribution is 5.75. The molecular weight excluding hydrogens is 152 g/mol. The van der Waals surface area contributed by atoms with Gasteiger partial charge in [-0.1, -0.05) is 0 Å². The molecule has 1 fully saturated rings. The van der Waals surface area contributed by atoms with Crippen molar-refractivity contribution in [3.63, 3.8) is 0 Å². The minimum Gasteiger partial charge on any atom is -0.333 e. The van der Waals surface area contributed by atoms with Crippen LogP contribution in [0.15, 0.2) is 0 Å². The SMILES string of the molecule is CN(C(=O)NC(C)(C)C)C1CC1. The fraction of sp³-hybridized carbons (Fsp3) is 0.889. The first-order chi connectivity index (χ1) is 5.40. The Morgan fingerprint density at radius 1 is 1.42 bits per heavy atom. The molecule has 2 amide bonds. The van der Waals surface area contributed by atoms with E-state index in [4.69, 9.17) is 0 Å². The molecular formula is C9H18N2O. The van der Waals surface area contributed by atoms with E-state index < -0.39 is 0 Å². The normalized spacial score (nSPS) is 17.3. The van der Waals surface area contributed by atoms with Crippen LogP contribution in [0.5, 0.6) is 0 Å². The van der Waals surface area contributed by atoms with Gasteiger partial charge in [-0.3, -0.25) is 0 Å². The first kappa shape index (κ1) is 9.36. The van der Waals surface area contributed by atoms with Crippen LogP contribution in [0.1, 0.15) is 33.6 Å².